The van der Waals surface area contributed by atoms with Crippen LogP contribution in [-0.4, -0.2) is 106 Å². The molecule has 0 bridgehead atoms. The molecule has 0 spiro atoms. The summed E-state index contributed by atoms with van der Waals surface area (Å²) in [6.07, 6.45) is 5.21. The summed E-state index contributed by atoms with van der Waals surface area (Å²) in [7, 11) is 2.55. The van der Waals surface area contributed by atoms with Gasteiger partial charge in [-0.15, -0.1) is 0 Å². The van der Waals surface area contributed by atoms with Crippen molar-refractivity contribution in [1.82, 2.24) is 40.4 Å². The number of ether oxygens (including phenoxy) is 2. The molecule has 16 nitrogen and oxygen atoms in total. The molecule has 372 valence electrons. The Morgan fingerprint density at radius 1 is 0.629 bits per heavy atom. The number of methoxy groups -OCH3 is 2. The smallest absolute Gasteiger partial charge is 0.407 e. The lowest BCUT2D eigenvalue weighted by Crippen LogP contribution is -2.51. The van der Waals surface area contributed by atoms with Crippen molar-refractivity contribution in [2.75, 3.05) is 50.2 Å². The SMILES string of the molecule is COC(=O)NC(C(=O)N1CCC[C@H]1c1nc2cc([C@H]3CC[C@H](c4ccc5[nH]c([C@@H]6CCCN6C(=O)C(NC(=O)OC)C(C)C)nc5c4)N3c3cc(F)c(N4C[C@H]5CC[C@H]5C4)c(F)c3)ccc2[nH]1)C(C)C. The van der Waals surface area contributed by atoms with Crippen LogP contribution in [0.3, 0.4) is 0 Å². The predicted octanol–water partition coefficient (Wildman–Crippen LogP) is 8.73. The molecular weight excluding hydrogens is 899 g/mol. The Morgan fingerprint density at radius 3 is 1.47 bits per heavy atom. The molecule has 4 N–H and O–H groups in total. The van der Waals surface area contributed by atoms with Crippen LogP contribution in [0.4, 0.5) is 29.7 Å². The van der Waals surface area contributed by atoms with Gasteiger partial charge in [-0.25, -0.2) is 28.3 Å². The average Bonchev–Trinajstić information content (AvgIpc) is 4.20. The van der Waals surface area contributed by atoms with Crippen LogP contribution < -0.4 is 20.4 Å². The van der Waals surface area contributed by atoms with Crippen molar-refractivity contribution in [2.24, 2.45) is 23.7 Å². The third-order valence-electron chi connectivity index (χ3n) is 15.8. The molecule has 1 aliphatic carbocycles. The lowest BCUT2D eigenvalue weighted by molar-refractivity contribution is -0.136. The van der Waals surface area contributed by atoms with Gasteiger partial charge in [0.2, 0.25) is 11.8 Å². The number of anilines is 2. The molecule has 2 unspecified atom stereocenters. The summed E-state index contributed by atoms with van der Waals surface area (Å²) in [5.74, 6) is 0.412. The monoisotopic (exact) mass is 962 g/mol. The van der Waals surface area contributed by atoms with Crippen LogP contribution in [0.25, 0.3) is 22.1 Å². The summed E-state index contributed by atoms with van der Waals surface area (Å²) in [5.41, 5.74) is 5.39. The van der Waals surface area contributed by atoms with Gasteiger partial charge in [-0.3, -0.25) is 9.59 Å². The third kappa shape index (κ3) is 8.64. The number of aromatic nitrogens is 4. The van der Waals surface area contributed by atoms with E-state index in [0.717, 1.165) is 47.8 Å². The number of carbonyl (C=O) groups excluding carboxylic acids is 4. The van der Waals surface area contributed by atoms with Crippen LogP contribution in [0.15, 0.2) is 48.5 Å². The first-order valence-electron chi connectivity index (χ1n) is 25.0. The van der Waals surface area contributed by atoms with Gasteiger partial charge >= 0.3 is 12.2 Å². The van der Waals surface area contributed by atoms with Gasteiger partial charge in [0.15, 0.2) is 11.6 Å². The minimum absolute atomic E-state index is 0.0434. The summed E-state index contributed by atoms with van der Waals surface area (Å²) in [5, 5.41) is 5.43. The molecule has 3 aromatic carbocycles. The Labute approximate surface area is 406 Å². The molecule has 2 aromatic heterocycles. The van der Waals surface area contributed by atoms with Crippen LogP contribution in [0, 0.1) is 35.3 Å². The van der Waals surface area contributed by atoms with Gasteiger partial charge in [0.05, 0.1) is 60.5 Å². The number of rotatable bonds is 12. The first kappa shape index (κ1) is 47.2. The number of alkyl carbamates (subject to hydrolysis) is 2. The van der Waals surface area contributed by atoms with E-state index in [1.165, 1.54) is 26.4 Å². The molecule has 10 rings (SSSR count). The second-order valence-corrected chi connectivity index (χ2v) is 20.7. The lowest BCUT2D eigenvalue weighted by Gasteiger charge is -2.34. The fourth-order valence-electron chi connectivity index (χ4n) is 12.0. The first-order valence-corrected chi connectivity index (χ1v) is 25.0. The second kappa shape index (κ2) is 19.0. The molecule has 0 radical (unpaired) electrons. The molecule has 5 fully saturated rings. The maximum absolute atomic E-state index is 16.5. The van der Waals surface area contributed by atoms with Crippen molar-refractivity contribution >= 4 is 57.4 Å². The summed E-state index contributed by atoms with van der Waals surface area (Å²) in [4.78, 5) is 76.9. The largest absolute Gasteiger partial charge is 0.453 e. The number of nitrogens with one attached hydrogen (secondary N) is 4. The number of aromatic amines is 2. The van der Waals surface area contributed by atoms with Crippen molar-refractivity contribution in [2.45, 2.75) is 115 Å². The minimum atomic E-state index is -0.760. The standard InChI is InChI=1S/C52H64F2N10O6/c1-27(2)44(59-51(67)69-5)49(65)62-19-7-9-42(62)47-55-36-15-13-29(21-38(36)57-47)40-17-18-41(64(40)33-23-34(53)46(35(54)24-33)61-25-31-11-12-32(31)26-61)30-14-16-37-39(22-30)58-48(56-37)43-10-8-20-63(43)50(66)45(28(3)4)60-52(68)70-6/h13-16,21-24,27-28,31-32,40-45H,7-12,17-20,25-26H2,1-6H3,(H,55,57)(H,56,58)(H,59,67)(H,60,68)/t31-,32+,40-,41-,42+,43+,44?,45?/m1/s1. The van der Waals surface area contributed by atoms with Crippen molar-refractivity contribution in [3.05, 3.63) is 82.9 Å². The Morgan fingerprint density at radius 2 is 1.07 bits per heavy atom. The fraction of sp³-hybridized carbons (Fsp3) is 0.538. The number of halogens is 2. The first-order chi connectivity index (χ1) is 33.7. The van der Waals surface area contributed by atoms with E-state index in [9.17, 15) is 19.2 Å². The van der Waals surface area contributed by atoms with Gasteiger partial charge in [0, 0.05) is 31.9 Å². The number of hydrogen-bond donors (Lipinski definition) is 4. The van der Waals surface area contributed by atoms with Crippen LogP contribution >= 0.6 is 0 Å². The maximum Gasteiger partial charge on any atom is 0.407 e. The Balaban J connectivity index is 0.967. The van der Waals surface area contributed by atoms with Crippen molar-refractivity contribution < 1.29 is 37.4 Å². The molecule has 18 heteroatoms. The quantitative estimate of drug-likeness (QED) is 0.0945. The highest BCUT2D eigenvalue weighted by molar-refractivity contribution is 5.88. The number of carbonyl (C=O) groups is 4. The number of amides is 4. The normalized spacial score (nSPS) is 24.1. The number of H-pyrrole nitrogens is 2. The van der Waals surface area contributed by atoms with E-state index in [1.54, 1.807) is 9.80 Å². The Hall–Kier alpha value is -6.46. The van der Waals surface area contributed by atoms with E-state index in [-0.39, 0.29) is 53.5 Å². The summed E-state index contributed by atoms with van der Waals surface area (Å²) in [6, 6.07) is 12.4. The maximum atomic E-state index is 16.5. The molecule has 70 heavy (non-hydrogen) atoms. The Bertz CT molecular complexity index is 2630. The number of hydrogen-bond acceptors (Lipinski definition) is 10. The van der Waals surface area contributed by atoms with Crippen LogP contribution in [0.5, 0.6) is 0 Å². The molecule has 6 heterocycles. The van der Waals surface area contributed by atoms with Gasteiger partial charge in [0.25, 0.3) is 0 Å². The lowest BCUT2D eigenvalue weighted by atomic mass is 9.77. The summed E-state index contributed by atoms with van der Waals surface area (Å²) in [6.45, 7) is 9.92. The van der Waals surface area contributed by atoms with Gasteiger partial charge < -0.3 is 49.7 Å². The van der Waals surface area contributed by atoms with E-state index < -0.39 is 35.9 Å². The van der Waals surface area contributed by atoms with E-state index in [2.05, 4.69) is 25.5 Å². The highest BCUT2D eigenvalue weighted by Gasteiger charge is 2.43. The fourth-order valence-corrected chi connectivity index (χ4v) is 12.0. The minimum Gasteiger partial charge on any atom is -0.453 e. The molecule has 5 aromatic rings. The van der Waals surface area contributed by atoms with E-state index in [4.69, 9.17) is 19.4 Å². The van der Waals surface area contributed by atoms with Gasteiger partial charge in [-0.05, 0) is 123 Å². The zero-order valence-electron chi connectivity index (χ0n) is 40.8. The predicted molar refractivity (Wildman–Crippen MR) is 260 cm³/mol. The van der Waals surface area contributed by atoms with Gasteiger partial charge in [0.1, 0.15) is 29.4 Å². The van der Waals surface area contributed by atoms with Crippen LogP contribution in [-0.2, 0) is 19.1 Å². The summed E-state index contributed by atoms with van der Waals surface area (Å²) >= 11 is 0. The van der Waals surface area contributed by atoms with E-state index in [0.29, 0.717) is 92.1 Å². The second-order valence-electron chi connectivity index (χ2n) is 20.7. The molecule has 4 aliphatic heterocycles. The Kier molecular flexibility index (Phi) is 12.8. The molecule has 4 amide bonds. The number of nitrogens with zero attached hydrogens (tertiary/aromatic N) is 6. The molecular formula is C52H64F2N10O6. The van der Waals surface area contributed by atoms with Crippen LogP contribution in [0.2, 0.25) is 0 Å². The van der Waals surface area contributed by atoms with Crippen molar-refractivity contribution in [3.8, 4) is 0 Å². The molecule has 5 aliphatic rings. The third-order valence-corrected chi connectivity index (χ3v) is 15.8. The molecule has 8 atom stereocenters. The number of imidazole rings is 2. The highest BCUT2D eigenvalue weighted by atomic mass is 19.1. The van der Waals surface area contributed by atoms with Crippen LogP contribution in [0.1, 0.15) is 126 Å². The average molecular weight is 963 g/mol. The van der Waals surface area contributed by atoms with Gasteiger partial charge in [-0.1, -0.05) is 39.8 Å². The van der Waals surface area contributed by atoms with Crippen molar-refractivity contribution in [3.63, 3.8) is 0 Å². The van der Waals surface area contributed by atoms with E-state index in [1.807, 2.05) is 69.0 Å². The zero-order valence-corrected chi connectivity index (χ0v) is 40.8. The number of benzene rings is 3. The van der Waals surface area contributed by atoms with Crippen molar-refractivity contribution in [1.29, 1.82) is 0 Å². The highest BCUT2D eigenvalue weighted by Crippen LogP contribution is 2.50. The zero-order chi connectivity index (χ0) is 49.1. The molecule has 4 saturated heterocycles. The summed E-state index contributed by atoms with van der Waals surface area (Å²) < 4.78 is 42.7. The number of likely N-dealkylation sites (tertiary alicyclic amines) is 2. The number of fused-ring (bicyclic) bond motifs is 3. The topological polar surface area (TPSA) is 181 Å². The molecule has 1 saturated carbocycles. The van der Waals surface area contributed by atoms with Gasteiger partial charge in [-0.2, -0.15) is 0 Å². The van der Waals surface area contributed by atoms with E-state index >= 15 is 8.78 Å².